The molecule has 2 amide bonds. The summed E-state index contributed by atoms with van der Waals surface area (Å²) in [5.74, 6) is -0.816. The van der Waals surface area contributed by atoms with Crippen LogP contribution in [0.1, 0.15) is 16.7 Å². The summed E-state index contributed by atoms with van der Waals surface area (Å²) in [6.07, 6.45) is 0.283. The van der Waals surface area contributed by atoms with Gasteiger partial charge in [0.15, 0.2) is 0 Å². The van der Waals surface area contributed by atoms with Crippen LogP contribution in [0.4, 0.5) is 0 Å². The van der Waals surface area contributed by atoms with E-state index in [1.54, 1.807) is 0 Å². The number of carbonyl (C=O) groups is 2. The van der Waals surface area contributed by atoms with Crippen LogP contribution in [0.2, 0.25) is 5.02 Å². The standard InChI is InChI=1S/C27H30ClN3O4S/c1-20-8-7-11-22(16-20)18-31(25(27(33)29-2)17-21-9-5-4-6-10-21)26(32)19-30(3)36(34,35)24-14-12-23(28)13-15-24/h4-16,25H,17-19H2,1-3H3,(H,29,33). The average molecular weight is 528 g/mol. The van der Waals surface area contributed by atoms with Crippen LogP contribution < -0.4 is 5.32 Å². The topological polar surface area (TPSA) is 86.8 Å². The zero-order valence-corrected chi connectivity index (χ0v) is 22.1. The van der Waals surface area contributed by atoms with Crippen LogP contribution in [0.5, 0.6) is 0 Å². The highest BCUT2D eigenvalue weighted by Gasteiger charge is 2.32. The van der Waals surface area contributed by atoms with Gasteiger partial charge in [0.25, 0.3) is 0 Å². The van der Waals surface area contributed by atoms with E-state index in [0.717, 1.165) is 21.0 Å². The third-order valence-electron chi connectivity index (χ3n) is 5.83. The number of halogens is 1. The molecule has 0 bridgehead atoms. The number of nitrogens with zero attached hydrogens (tertiary/aromatic N) is 2. The van der Waals surface area contributed by atoms with E-state index < -0.39 is 28.5 Å². The maximum Gasteiger partial charge on any atom is 0.243 e. The second kappa shape index (κ2) is 12.2. The lowest BCUT2D eigenvalue weighted by molar-refractivity contribution is -0.141. The van der Waals surface area contributed by atoms with Crippen molar-refractivity contribution in [2.75, 3.05) is 20.6 Å². The molecule has 3 rings (SSSR count). The first-order valence-electron chi connectivity index (χ1n) is 11.4. The molecule has 0 aliphatic carbocycles. The minimum atomic E-state index is -3.95. The lowest BCUT2D eigenvalue weighted by Crippen LogP contribution is -2.52. The number of amides is 2. The fourth-order valence-corrected chi connectivity index (χ4v) is 5.13. The molecule has 0 fully saturated rings. The maximum atomic E-state index is 13.6. The molecule has 36 heavy (non-hydrogen) atoms. The fraction of sp³-hybridized carbons (Fsp3) is 0.259. The second-order valence-corrected chi connectivity index (χ2v) is 11.0. The number of hydrogen-bond donors (Lipinski definition) is 1. The molecule has 0 radical (unpaired) electrons. The molecule has 190 valence electrons. The molecule has 0 aliphatic heterocycles. The van der Waals surface area contributed by atoms with Gasteiger partial charge in [-0.3, -0.25) is 9.59 Å². The largest absolute Gasteiger partial charge is 0.357 e. The Morgan fingerprint density at radius 1 is 0.944 bits per heavy atom. The van der Waals surface area contributed by atoms with Crippen molar-refractivity contribution in [3.63, 3.8) is 0 Å². The molecule has 3 aromatic carbocycles. The van der Waals surface area contributed by atoms with Gasteiger partial charge >= 0.3 is 0 Å². The van der Waals surface area contributed by atoms with Crippen molar-refractivity contribution in [2.45, 2.75) is 30.8 Å². The van der Waals surface area contributed by atoms with Crippen LogP contribution in [-0.2, 0) is 32.6 Å². The van der Waals surface area contributed by atoms with E-state index in [1.807, 2.05) is 61.5 Å². The van der Waals surface area contributed by atoms with Crippen LogP contribution in [0.3, 0.4) is 0 Å². The minimum absolute atomic E-state index is 0.0274. The van der Waals surface area contributed by atoms with Crippen LogP contribution in [0, 0.1) is 6.92 Å². The summed E-state index contributed by atoms with van der Waals surface area (Å²) >= 11 is 5.89. The van der Waals surface area contributed by atoms with Gasteiger partial charge in [0.2, 0.25) is 21.8 Å². The number of sulfonamides is 1. The Morgan fingerprint density at radius 3 is 2.19 bits per heavy atom. The molecule has 0 spiro atoms. The Bertz CT molecular complexity index is 1300. The number of benzene rings is 3. The summed E-state index contributed by atoms with van der Waals surface area (Å²) < 4.78 is 27.2. The Hall–Kier alpha value is -3.20. The molecule has 0 aromatic heterocycles. The molecule has 7 nitrogen and oxygen atoms in total. The Kier molecular flexibility index (Phi) is 9.25. The SMILES string of the molecule is CNC(=O)C(Cc1ccccc1)N(Cc1cccc(C)c1)C(=O)CN(C)S(=O)(=O)c1ccc(Cl)cc1. The lowest BCUT2D eigenvalue weighted by Gasteiger charge is -2.32. The van der Waals surface area contributed by atoms with Crippen molar-refractivity contribution < 1.29 is 18.0 Å². The molecule has 1 unspecified atom stereocenters. The number of rotatable bonds is 10. The quantitative estimate of drug-likeness (QED) is 0.436. The van der Waals surface area contributed by atoms with Gasteiger partial charge in [-0.2, -0.15) is 4.31 Å². The molecular weight excluding hydrogens is 498 g/mol. The van der Waals surface area contributed by atoms with Gasteiger partial charge in [-0.15, -0.1) is 0 Å². The molecule has 0 saturated heterocycles. The van der Waals surface area contributed by atoms with Crippen molar-refractivity contribution in [3.8, 4) is 0 Å². The van der Waals surface area contributed by atoms with Crippen molar-refractivity contribution in [2.24, 2.45) is 0 Å². The van der Waals surface area contributed by atoms with E-state index in [0.29, 0.717) is 5.02 Å². The number of nitrogens with one attached hydrogen (secondary N) is 1. The van der Waals surface area contributed by atoms with Crippen LogP contribution in [0.25, 0.3) is 0 Å². The molecule has 1 atom stereocenters. The average Bonchev–Trinajstić information content (AvgIpc) is 2.86. The third-order valence-corrected chi connectivity index (χ3v) is 7.90. The number of carbonyl (C=O) groups excluding carboxylic acids is 2. The summed E-state index contributed by atoms with van der Waals surface area (Å²) in [7, 11) is -1.08. The monoisotopic (exact) mass is 527 g/mol. The van der Waals surface area contributed by atoms with Gasteiger partial charge in [0, 0.05) is 32.1 Å². The first-order chi connectivity index (χ1) is 17.1. The van der Waals surface area contributed by atoms with E-state index in [9.17, 15) is 18.0 Å². The van der Waals surface area contributed by atoms with E-state index in [2.05, 4.69) is 5.32 Å². The zero-order chi connectivity index (χ0) is 26.3. The van der Waals surface area contributed by atoms with Crippen molar-refractivity contribution in [3.05, 3.63) is 101 Å². The van der Waals surface area contributed by atoms with Gasteiger partial charge in [0.05, 0.1) is 11.4 Å². The first kappa shape index (κ1) is 27.4. The number of likely N-dealkylation sites (N-methyl/N-ethyl adjacent to an activating group) is 2. The molecule has 0 heterocycles. The Morgan fingerprint density at radius 2 is 1.58 bits per heavy atom. The zero-order valence-electron chi connectivity index (χ0n) is 20.5. The highest BCUT2D eigenvalue weighted by molar-refractivity contribution is 7.89. The van der Waals surface area contributed by atoms with Gasteiger partial charge < -0.3 is 10.2 Å². The molecule has 9 heteroatoms. The number of hydrogen-bond acceptors (Lipinski definition) is 4. The summed E-state index contributed by atoms with van der Waals surface area (Å²) in [5.41, 5.74) is 2.74. The maximum absolute atomic E-state index is 13.6. The van der Waals surface area contributed by atoms with E-state index in [1.165, 1.54) is 43.3 Å². The molecule has 3 aromatic rings. The molecular formula is C27H30ClN3O4S. The van der Waals surface area contributed by atoms with E-state index >= 15 is 0 Å². The second-order valence-electron chi connectivity index (χ2n) is 8.55. The molecule has 1 N–H and O–H groups in total. The summed E-state index contributed by atoms with van der Waals surface area (Å²) in [5, 5.41) is 3.06. The Labute approximate surface area is 217 Å². The van der Waals surface area contributed by atoms with E-state index in [4.69, 9.17) is 11.6 Å². The lowest BCUT2D eigenvalue weighted by atomic mass is 10.0. The van der Waals surface area contributed by atoms with Crippen molar-refractivity contribution in [1.29, 1.82) is 0 Å². The van der Waals surface area contributed by atoms with Gasteiger partial charge in [-0.25, -0.2) is 8.42 Å². The fourth-order valence-electron chi connectivity index (χ4n) is 3.88. The summed E-state index contributed by atoms with van der Waals surface area (Å²) in [6, 6.07) is 22.0. The van der Waals surface area contributed by atoms with Crippen molar-refractivity contribution >= 4 is 33.4 Å². The van der Waals surface area contributed by atoms with Gasteiger partial charge in [-0.1, -0.05) is 71.8 Å². The van der Waals surface area contributed by atoms with Gasteiger partial charge in [-0.05, 0) is 42.3 Å². The highest BCUT2D eigenvalue weighted by Crippen LogP contribution is 2.20. The van der Waals surface area contributed by atoms with Crippen LogP contribution in [-0.4, -0.2) is 56.1 Å². The Balaban J connectivity index is 1.94. The van der Waals surface area contributed by atoms with Gasteiger partial charge in [0.1, 0.15) is 6.04 Å². The first-order valence-corrected chi connectivity index (χ1v) is 13.3. The summed E-state index contributed by atoms with van der Waals surface area (Å²) in [4.78, 5) is 28.1. The normalized spacial score (nSPS) is 12.2. The van der Waals surface area contributed by atoms with Crippen LogP contribution in [0.15, 0.2) is 83.8 Å². The molecule has 0 saturated carbocycles. The smallest absolute Gasteiger partial charge is 0.243 e. The molecule has 0 aliphatic rings. The third kappa shape index (κ3) is 6.94. The van der Waals surface area contributed by atoms with E-state index in [-0.39, 0.29) is 23.8 Å². The van der Waals surface area contributed by atoms with Crippen LogP contribution >= 0.6 is 11.6 Å². The van der Waals surface area contributed by atoms with Crippen molar-refractivity contribution in [1.82, 2.24) is 14.5 Å². The highest BCUT2D eigenvalue weighted by atomic mass is 35.5. The minimum Gasteiger partial charge on any atom is -0.357 e. The number of aryl methyl sites for hydroxylation is 1. The predicted octanol–water partition coefficient (Wildman–Crippen LogP) is 3.66. The predicted molar refractivity (Wildman–Crippen MR) is 141 cm³/mol. The summed E-state index contributed by atoms with van der Waals surface area (Å²) in [6.45, 7) is 1.67.